The molecule has 3 aliphatic rings. The molecule has 2 bridgehead atoms. The Morgan fingerprint density at radius 2 is 2.12 bits per heavy atom. The van der Waals surface area contributed by atoms with Crippen molar-refractivity contribution in [1.29, 1.82) is 0 Å². The molecule has 0 spiro atoms. The number of nitrogens with one attached hydrogen (secondary N) is 1. The topological polar surface area (TPSA) is 49.4 Å². The zero-order valence-electron chi connectivity index (χ0n) is 10.3. The predicted molar refractivity (Wildman–Crippen MR) is 63.1 cm³/mol. The Morgan fingerprint density at radius 3 is 2.76 bits per heavy atom. The van der Waals surface area contributed by atoms with Gasteiger partial charge in [-0.1, -0.05) is 6.42 Å². The predicted octanol–water partition coefficient (Wildman–Crippen LogP) is 0.769. The molecule has 4 nitrogen and oxygen atoms in total. The summed E-state index contributed by atoms with van der Waals surface area (Å²) in [5.41, 5.74) is 0. The number of piperazine rings is 1. The first-order valence-corrected chi connectivity index (χ1v) is 6.72. The Morgan fingerprint density at radius 1 is 1.29 bits per heavy atom. The lowest BCUT2D eigenvalue weighted by Crippen LogP contribution is -2.58. The maximum absolute atomic E-state index is 11.9. The fraction of sp³-hybridized carbons (Fsp3) is 0.846. The summed E-state index contributed by atoms with van der Waals surface area (Å²) >= 11 is 0. The van der Waals surface area contributed by atoms with E-state index in [1.807, 2.05) is 6.92 Å². The molecule has 2 saturated carbocycles. The van der Waals surface area contributed by atoms with Crippen molar-refractivity contribution < 1.29 is 9.59 Å². The van der Waals surface area contributed by atoms with Gasteiger partial charge in [-0.15, -0.1) is 0 Å². The SMILES string of the molecule is CC1C(=O)NCC(=O)N1CC1CC2CCC1C2. The number of hydrogen-bond acceptors (Lipinski definition) is 2. The van der Waals surface area contributed by atoms with Crippen molar-refractivity contribution in [2.24, 2.45) is 17.8 Å². The fourth-order valence-electron chi connectivity index (χ4n) is 3.88. The lowest BCUT2D eigenvalue weighted by atomic mass is 9.88. The van der Waals surface area contributed by atoms with Crippen molar-refractivity contribution in [1.82, 2.24) is 10.2 Å². The molecule has 1 heterocycles. The Labute approximate surface area is 102 Å². The molecule has 1 N–H and O–H groups in total. The highest BCUT2D eigenvalue weighted by atomic mass is 16.2. The van der Waals surface area contributed by atoms with Gasteiger partial charge in [0.05, 0.1) is 6.54 Å². The Hall–Kier alpha value is -1.06. The smallest absolute Gasteiger partial charge is 0.242 e. The summed E-state index contributed by atoms with van der Waals surface area (Å²) in [6.07, 6.45) is 5.33. The normalized spacial score (nSPS) is 40.9. The first-order chi connectivity index (χ1) is 8.15. The molecule has 4 atom stereocenters. The first-order valence-electron chi connectivity index (χ1n) is 6.72. The summed E-state index contributed by atoms with van der Waals surface area (Å²) < 4.78 is 0. The van der Waals surface area contributed by atoms with Crippen molar-refractivity contribution in [2.75, 3.05) is 13.1 Å². The highest BCUT2D eigenvalue weighted by Gasteiger charge is 2.42. The van der Waals surface area contributed by atoms with Gasteiger partial charge in [0.25, 0.3) is 0 Å². The quantitative estimate of drug-likeness (QED) is 0.770. The van der Waals surface area contributed by atoms with Crippen LogP contribution in [0.2, 0.25) is 0 Å². The molecular formula is C13H20N2O2. The lowest BCUT2D eigenvalue weighted by Gasteiger charge is -2.36. The molecule has 1 saturated heterocycles. The van der Waals surface area contributed by atoms with Gasteiger partial charge >= 0.3 is 0 Å². The van der Waals surface area contributed by atoms with E-state index >= 15 is 0 Å². The van der Waals surface area contributed by atoms with E-state index in [4.69, 9.17) is 0 Å². The maximum atomic E-state index is 11.9. The average Bonchev–Trinajstić information content (AvgIpc) is 2.91. The average molecular weight is 236 g/mol. The second-order valence-corrected chi connectivity index (χ2v) is 5.87. The van der Waals surface area contributed by atoms with Crippen LogP contribution in [0.3, 0.4) is 0 Å². The number of hydrogen-bond donors (Lipinski definition) is 1. The van der Waals surface area contributed by atoms with E-state index in [9.17, 15) is 9.59 Å². The van der Waals surface area contributed by atoms with Gasteiger partial charge < -0.3 is 10.2 Å². The van der Waals surface area contributed by atoms with Crippen LogP contribution in [0, 0.1) is 17.8 Å². The molecule has 17 heavy (non-hydrogen) atoms. The van der Waals surface area contributed by atoms with Crippen molar-refractivity contribution in [3.8, 4) is 0 Å². The molecule has 94 valence electrons. The molecule has 3 fully saturated rings. The largest absolute Gasteiger partial charge is 0.345 e. The van der Waals surface area contributed by atoms with Gasteiger partial charge in [-0.2, -0.15) is 0 Å². The number of amides is 2. The van der Waals surface area contributed by atoms with Gasteiger partial charge in [0.2, 0.25) is 11.8 Å². The molecule has 0 radical (unpaired) electrons. The second-order valence-electron chi connectivity index (χ2n) is 5.87. The molecule has 0 aromatic heterocycles. The van der Waals surface area contributed by atoms with E-state index in [1.54, 1.807) is 4.90 Å². The zero-order valence-corrected chi connectivity index (χ0v) is 10.3. The fourth-order valence-corrected chi connectivity index (χ4v) is 3.88. The van der Waals surface area contributed by atoms with Crippen LogP contribution in [0.5, 0.6) is 0 Å². The van der Waals surface area contributed by atoms with E-state index in [1.165, 1.54) is 25.7 Å². The van der Waals surface area contributed by atoms with Crippen LogP contribution in [0.25, 0.3) is 0 Å². The summed E-state index contributed by atoms with van der Waals surface area (Å²) in [6, 6.07) is -0.282. The molecule has 3 rings (SSSR count). The van der Waals surface area contributed by atoms with Gasteiger partial charge in [-0.25, -0.2) is 0 Å². The van der Waals surface area contributed by atoms with E-state index in [0.717, 1.165) is 18.4 Å². The van der Waals surface area contributed by atoms with Crippen LogP contribution < -0.4 is 5.32 Å². The third kappa shape index (κ3) is 1.83. The van der Waals surface area contributed by atoms with Crippen LogP contribution in [-0.2, 0) is 9.59 Å². The Balaban J connectivity index is 1.67. The number of carbonyl (C=O) groups excluding carboxylic acids is 2. The molecule has 0 aromatic carbocycles. The van der Waals surface area contributed by atoms with Crippen molar-refractivity contribution in [3.05, 3.63) is 0 Å². The number of nitrogens with zero attached hydrogens (tertiary/aromatic N) is 1. The zero-order chi connectivity index (χ0) is 12.0. The molecular weight excluding hydrogens is 216 g/mol. The summed E-state index contributed by atoms with van der Waals surface area (Å²) in [5, 5.41) is 2.64. The minimum atomic E-state index is -0.282. The van der Waals surface area contributed by atoms with Crippen LogP contribution in [0.4, 0.5) is 0 Å². The van der Waals surface area contributed by atoms with Crippen molar-refractivity contribution in [2.45, 2.75) is 38.6 Å². The Bertz CT molecular complexity index is 355. The molecule has 4 heteroatoms. The maximum Gasteiger partial charge on any atom is 0.242 e. The van der Waals surface area contributed by atoms with E-state index in [2.05, 4.69) is 5.32 Å². The minimum absolute atomic E-state index is 0.00671. The van der Waals surface area contributed by atoms with Crippen LogP contribution >= 0.6 is 0 Å². The summed E-state index contributed by atoms with van der Waals surface area (Å²) in [6.45, 7) is 2.82. The Kier molecular flexibility index (Phi) is 2.60. The van der Waals surface area contributed by atoms with Crippen molar-refractivity contribution in [3.63, 3.8) is 0 Å². The van der Waals surface area contributed by atoms with Gasteiger partial charge in [0.15, 0.2) is 0 Å². The van der Waals surface area contributed by atoms with E-state index in [0.29, 0.717) is 5.92 Å². The highest BCUT2D eigenvalue weighted by molar-refractivity contribution is 5.94. The summed E-state index contributed by atoms with van der Waals surface area (Å²) in [7, 11) is 0. The first kappa shape index (κ1) is 11.1. The number of fused-ring (bicyclic) bond motifs is 2. The molecule has 2 aliphatic carbocycles. The molecule has 2 amide bonds. The third-order valence-electron chi connectivity index (χ3n) is 4.90. The van der Waals surface area contributed by atoms with E-state index in [-0.39, 0.29) is 24.4 Å². The van der Waals surface area contributed by atoms with Gasteiger partial charge in [0, 0.05) is 6.54 Å². The summed E-state index contributed by atoms with van der Waals surface area (Å²) in [5.74, 6) is 2.43. The second kappa shape index (κ2) is 4.00. The van der Waals surface area contributed by atoms with E-state index < -0.39 is 0 Å². The van der Waals surface area contributed by atoms with Gasteiger partial charge in [0.1, 0.15) is 6.04 Å². The third-order valence-corrected chi connectivity index (χ3v) is 4.90. The summed E-state index contributed by atoms with van der Waals surface area (Å²) in [4.78, 5) is 25.2. The molecule has 0 aromatic rings. The monoisotopic (exact) mass is 236 g/mol. The number of carbonyl (C=O) groups is 2. The molecule has 4 unspecified atom stereocenters. The lowest BCUT2D eigenvalue weighted by molar-refractivity contribution is -0.145. The highest BCUT2D eigenvalue weighted by Crippen LogP contribution is 2.48. The van der Waals surface area contributed by atoms with Gasteiger partial charge in [-0.3, -0.25) is 9.59 Å². The van der Waals surface area contributed by atoms with Crippen LogP contribution in [0.1, 0.15) is 32.6 Å². The standard InChI is InChI=1S/C13H20N2O2/c1-8-13(17)14-6-12(16)15(8)7-11-5-9-2-3-10(11)4-9/h8-11H,2-7H2,1H3,(H,14,17). The van der Waals surface area contributed by atoms with Gasteiger partial charge in [-0.05, 0) is 43.9 Å². The minimum Gasteiger partial charge on any atom is -0.345 e. The number of rotatable bonds is 2. The van der Waals surface area contributed by atoms with Crippen molar-refractivity contribution >= 4 is 11.8 Å². The molecule has 1 aliphatic heterocycles. The van der Waals surface area contributed by atoms with Crippen LogP contribution in [-0.4, -0.2) is 35.8 Å². The van der Waals surface area contributed by atoms with Crippen LogP contribution in [0.15, 0.2) is 0 Å².